The number of H-pyrrole nitrogens is 1. The van der Waals surface area contributed by atoms with Crippen LogP contribution in [0.25, 0.3) is 11.0 Å². The van der Waals surface area contributed by atoms with Crippen LogP contribution < -0.4 is 0 Å². The van der Waals surface area contributed by atoms with Crippen molar-refractivity contribution in [3.8, 4) is 0 Å². The number of nitrogens with zero attached hydrogens (tertiary/aromatic N) is 2. The molecule has 1 aromatic carbocycles. The fraction of sp³-hybridized carbons (Fsp3) is 0.300. The van der Waals surface area contributed by atoms with E-state index < -0.39 is 0 Å². The quantitative estimate of drug-likeness (QED) is 0.777. The molecule has 128 valence electrons. The molecule has 0 unspecified atom stereocenters. The summed E-state index contributed by atoms with van der Waals surface area (Å²) in [6.45, 7) is 1.97. The first kappa shape index (κ1) is 15.8. The second-order valence-corrected chi connectivity index (χ2v) is 6.41. The molecule has 4 rings (SSSR count). The van der Waals surface area contributed by atoms with Crippen LogP contribution in [-0.4, -0.2) is 40.0 Å². The highest BCUT2D eigenvalue weighted by Gasteiger charge is 2.25. The Morgan fingerprint density at radius 1 is 1.24 bits per heavy atom. The molecular formula is C20H21N3O2. The second kappa shape index (κ2) is 7.07. The molecule has 0 bridgehead atoms. The third-order valence-corrected chi connectivity index (χ3v) is 4.63. The van der Waals surface area contributed by atoms with Gasteiger partial charge in [0, 0.05) is 37.5 Å². The molecule has 1 fully saturated rings. The van der Waals surface area contributed by atoms with Crippen molar-refractivity contribution >= 4 is 16.9 Å². The first-order valence-corrected chi connectivity index (χ1v) is 8.68. The smallest absolute Gasteiger partial charge is 0.256 e. The van der Waals surface area contributed by atoms with Crippen molar-refractivity contribution in [2.24, 2.45) is 0 Å². The molecule has 3 heterocycles. The second-order valence-electron chi connectivity index (χ2n) is 6.41. The molecule has 0 aliphatic carbocycles. The Hall–Kier alpha value is -2.66. The van der Waals surface area contributed by atoms with E-state index in [1.165, 1.54) is 0 Å². The average Bonchev–Trinajstić information content (AvgIpc) is 3.31. The van der Waals surface area contributed by atoms with Crippen LogP contribution in [0.15, 0.2) is 54.9 Å². The van der Waals surface area contributed by atoms with Gasteiger partial charge in [-0.3, -0.25) is 4.79 Å². The van der Waals surface area contributed by atoms with Crippen LogP contribution in [0, 0.1) is 0 Å². The number of carbonyl (C=O) groups is 1. The van der Waals surface area contributed by atoms with E-state index in [0.29, 0.717) is 18.7 Å². The van der Waals surface area contributed by atoms with Crippen molar-refractivity contribution in [1.29, 1.82) is 0 Å². The van der Waals surface area contributed by atoms with Crippen LogP contribution in [0.2, 0.25) is 0 Å². The number of pyridine rings is 1. The molecule has 5 heteroatoms. The number of nitrogens with one attached hydrogen (secondary N) is 1. The van der Waals surface area contributed by atoms with Crippen LogP contribution in [0.1, 0.15) is 28.8 Å². The molecular weight excluding hydrogens is 314 g/mol. The van der Waals surface area contributed by atoms with Gasteiger partial charge in [0.2, 0.25) is 0 Å². The molecule has 1 amide bonds. The van der Waals surface area contributed by atoms with E-state index in [1.54, 1.807) is 12.4 Å². The van der Waals surface area contributed by atoms with Gasteiger partial charge >= 0.3 is 0 Å². The van der Waals surface area contributed by atoms with E-state index in [1.807, 2.05) is 47.4 Å². The summed E-state index contributed by atoms with van der Waals surface area (Å²) in [6, 6.07) is 13.9. The van der Waals surface area contributed by atoms with Crippen molar-refractivity contribution in [3.63, 3.8) is 0 Å². The molecule has 3 aromatic rings. The minimum atomic E-state index is 0.0126. The van der Waals surface area contributed by atoms with Gasteiger partial charge < -0.3 is 14.6 Å². The molecule has 1 saturated heterocycles. The third kappa shape index (κ3) is 3.42. The summed E-state index contributed by atoms with van der Waals surface area (Å²) in [5.74, 6) is 0.0126. The lowest BCUT2D eigenvalue weighted by atomic mass is 10.1. The maximum Gasteiger partial charge on any atom is 0.256 e. The molecule has 2 aromatic heterocycles. The molecule has 1 atom stereocenters. The minimum absolute atomic E-state index is 0.0126. The van der Waals surface area contributed by atoms with Gasteiger partial charge in [0.1, 0.15) is 5.65 Å². The van der Waals surface area contributed by atoms with Gasteiger partial charge in [-0.25, -0.2) is 4.98 Å². The van der Waals surface area contributed by atoms with Crippen molar-refractivity contribution < 1.29 is 9.53 Å². The lowest BCUT2D eigenvalue weighted by molar-refractivity contribution is 0.0509. The van der Waals surface area contributed by atoms with Crippen LogP contribution in [0.4, 0.5) is 0 Å². The molecule has 0 saturated carbocycles. The van der Waals surface area contributed by atoms with Gasteiger partial charge in [-0.05, 0) is 30.5 Å². The topological polar surface area (TPSA) is 58.2 Å². The van der Waals surface area contributed by atoms with Crippen LogP contribution in [0.5, 0.6) is 0 Å². The lowest BCUT2D eigenvalue weighted by Gasteiger charge is -2.25. The number of aromatic amines is 1. The summed E-state index contributed by atoms with van der Waals surface area (Å²) in [7, 11) is 0. The van der Waals surface area contributed by atoms with E-state index in [4.69, 9.17) is 4.74 Å². The Morgan fingerprint density at radius 3 is 2.92 bits per heavy atom. The highest BCUT2D eigenvalue weighted by atomic mass is 16.5. The maximum atomic E-state index is 13.2. The summed E-state index contributed by atoms with van der Waals surface area (Å²) >= 11 is 0. The number of hydrogen-bond donors (Lipinski definition) is 1. The van der Waals surface area contributed by atoms with E-state index >= 15 is 0 Å². The van der Waals surface area contributed by atoms with Crippen molar-refractivity contribution in [3.05, 3.63) is 66.0 Å². The van der Waals surface area contributed by atoms with E-state index in [0.717, 1.165) is 36.0 Å². The first-order chi connectivity index (χ1) is 12.3. The zero-order valence-corrected chi connectivity index (χ0v) is 14.0. The minimum Gasteiger partial charge on any atom is -0.376 e. The van der Waals surface area contributed by atoms with Gasteiger partial charge in [0.15, 0.2) is 0 Å². The zero-order chi connectivity index (χ0) is 17.1. The maximum absolute atomic E-state index is 13.2. The Morgan fingerprint density at radius 2 is 2.12 bits per heavy atom. The van der Waals surface area contributed by atoms with Gasteiger partial charge in [-0.15, -0.1) is 0 Å². The standard InChI is InChI=1S/C20H21N3O2/c24-20(18-12-22-19-17(18)9-4-10-21-19)23(14-16-8-5-11-25-16)13-15-6-2-1-3-7-15/h1-4,6-7,9-10,12,16H,5,8,11,13-14H2,(H,21,22)/t16-/m1/s1. The average molecular weight is 335 g/mol. The Balaban J connectivity index is 1.62. The predicted molar refractivity (Wildman–Crippen MR) is 96.3 cm³/mol. The summed E-state index contributed by atoms with van der Waals surface area (Å²) < 4.78 is 5.76. The van der Waals surface area contributed by atoms with Crippen molar-refractivity contribution in [2.45, 2.75) is 25.5 Å². The number of fused-ring (bicyclic) bond motifs is 1. The Kier molecular flexibility index (Phi) is 4.48. The van der Waals surface area contributed by atoms with Crippen LogP contribution in [0.3, 0.4) is 0 Å². The molecule has 1 aliphatic heterocycles. The number of rotatable bonds is 5. The number of aromatic nitrogens is 2. The van der Waals surface area contributed by atoms with Gasteiger partial charge in [-0.2, -0.15) is 0 Å². The highest BCUT2D eigenvalue weighted by molar-refractivity contribution is 6.05. The van der Waals surface area contributed by atoms with Gasteiger partial charge in [0.05, 0.1) is 11.7 Å². The van der Waals surface area contributed by atoms with E-state index in [2.05, 4.69) is 9.97 Å². The number of carbonyl (C=O) groups excluding carboxylic acids is 1. The van der Waals surface area contributed by atoms with Crippen molar-refractivity contribution in [1.82, 2.24) is 14.9 Å². The third-order valence-electron chi connectivity index (χ3n) is 4.63. The first-order valence-electron chi connectivity index (χ1n) is 8.68. The fourth-order valence-electron chi connectivity index (χ4n) is 3.36. The predicted octanol–water partition coefficient (Wildman–Crippen LogP) is 3.38. The summed E-state index contributed by atoms with van der Waals surface area (Å²) in [5, 5.41) is 0.859. The van der Waals surface area contributed by atoms with Gasteiger partial charge in [-0.1, -0.05) is 30.3 Å². The molecule has 5 nitrogen and oxygen atoms in total. The Labute approximate surface area is 146 Å². The molecule has 1 aliphatic rings. The van der Waals surface area contributed by atoms with Crippen LogP contribution in [-0.2, 0) is 11.3 Å². The number of amides is 1. The number of benzene rings is 1. The largest absolute Gasteiger partial charge is 0.376 e. The number of ether oxygens (including phenoxy) is 1. The molecule has 0 spiro atoms. The highest BCUT2D eigenvalue weighted by Crippen LogP contribution is 2.21. The van der Waals surface area contributed by atoms with Crippen molar-refractivity contribution in [2.75, 3.05) is 13.2 Å². The van der Waals surface area contributed by atoms with E-state index in [9.17, 15) is 4.79 Å². The summed E-state index contributed by atoms with van der Waals surface area (Å²) in [4.78, 5) is 22.5. The molecule has 25 heavy (non-hydrogen) atoms. The van der Waals surface area contributed by atoms with Crippen LogP contribution >= 0.6 is 0 Å². The Bertz CT molecular complexity index is 854. The van der Waals surface area contributed by atoms with Gasteiger partial charge in [0.25, 0.3) is 5.91 Å². The fourth-order valence-corrected chi connectivity index (χ4v) is 3.36. The molecule has 0 radical (unpaired) electrons. The lowest BCUT2D eigenvalue weighted by Crippen LogP contribution is -2.36. The zero-order valence-electron chi connectivity index (χ0n) is 14.0. The SMILES string of the molecule is O=C(c1c[nH]c2ncccc12)N(Cc1ccccc1)C[C@H]1CCCO1. The normalized spacial score (nSPS) is 17.0. The number of hydrogen-bond acceptors (Lipinski definition) is 3. The molecule has 1 N–H and O–H groups in total. The van der Waals surface area contributed by atoms with E-state index in [-0.39, 0.29) is 12.0 Å². The summed E-state index contributed by atoms with van der Waals surface area (Å²) in [6.07, 6.45) is 5.67. The summed E-state index contributed by atoms with van der Waals surface area (Å²) in [5.41, 5.74) is 2.52. The monoisotopic (exact) mass is 335 g/mol.